The summed E-state index contributed by atoms with van der Waals surface area (Å²) >= 11 is 2.16. The minimum atomic E-state index is 0.742. The van der Waals surface area contributed by atoms with E-state index in [1.54, 1.807) is 0 Å². The number of rotatable bonds is 7. The smallest absolute Gasteiger partial charge is 0.0155 e. The maximum atomic E-state index is 3.54. The quantitative estimate of drug-likeness (QED) is 0.699. The molecular weight excluding hydrogens is 190 g/mol. The zero-order valence-electron chi connectivity index (χ0n) is 9.72. The fraction of sp³-hybridized carbons (Fsp3) is 1.00. The topological polar surface area (TPSA) is 12.0 Å². The molecule has 0 aromatic heterocycles. The molecule has 0 saturated heterocycles. The Bertz CT molecular complexity index is 132. The van der Waals surface area contributed by atoms with E-state index in [-0.39, 0.29) is 0 Å². The predicted molar refractivity (Wildman–Crippen MR) is 67.0 cm³/mol. The second kappa shape index (κ2) is 7.58. The maximum absolute atomic E-state index is 3.54. The zero-order valence-corrected chi connectivity index (χ0v) is 10.5. The minimum absolute atomic E-state index is 0.742. The van der Waals surface area contributed by atoms with Crippen molar-refractivity contribution in [1.29, 1.82) is 0 Å². The highest BCUT2D eigenvalue weighted by molar-refractivity contribution is 7.99. The van der Waals surface area contributed by atoms with E-state index in [0.717, 1.165) is 18.5 Å². The summed E-state index contributed by atoms with van der Waals surface area (Å²) in [5.74, 6) is 3.75. The van der Waals surface area contributed by atoms with E-state index < -0.39 is 0 Å². The van der Waals surface area contributed by atoms with Crippen LogP contribution in [0.1, 0.15) is 46.0 Å². The summed E-state index contributed by atoms with van der Waals surface area (Å²) in [6.45, 7) is 5.59. The van der Waals surface area contributed by atoms with Gasteiger partial charge in [0.25, 0.3) is 0 Å². The highest BCUT2D eigenvalue weighted by Crippen LogP contribution is 2.28. The molecule has 1 unspecified atom stereocenters. The third kappa shape index (κ3) is 4.70. The molecule has 1 saturated carbocycles. The summed E-state index contributed by atoms with van der Waals surface area (Å²) < 4.78 is 0. The summed E-state index contributed by atoms with van der Waals surface area (Å²) in [7, 11) is 0. The number of nitrogens with one attached hydrogen (secondary N) is 1. The van der Waals surface area contributed by atoms with Gasteiger partial charge in [0.15, 0.2) is 0 Å². The van der Waals surface area contributed by atoms with E-state index in [9.17, 15) is 0 Å². The summed E-state index contributed by atoms with van der Waals surface area (Å²) in [6.07, 6.45) is 7.22. The largest absolute Gasteiger partial charge is 0.313 e. The normalized spacial score (nSPS) is 20.1. The van der Waals surface area contributed by atoms with Crippen LogP contribution in [0.5, 0.6) is 0 Å². The molecule has 0 heterocycles. The van der Waals surface area contributed by atoms with Gasteiger partial charge in [0.05, 0.1) is 0 Å². The Morgan fingerprint density at radius 1 is 1.29 bits per heavy atom. The van der Waals surface area contributed by atoms with Crippen molar-refractivity contribution < 1.29 is 0 Å². The van der Waals surface area contributed by atoms with Crippen LogP contribution in [-0.2, 0) is 0 Å². The molecule has 1 fully saturated rings. The molecule has 1 aliphatic carbocycles. The third-order valence-corrected chi connectivity index (χ3v) is 4.48. The lowest BCUT2D eigenvalue weighted by molar-refractivity contribution is 0.558. The van der Waals surface area contributed by atoms with Crippen LogP contribution in [0.3, 0.4) is 0 Å². The van der Waals surface area contributed by atoms with E-state index in [2.05, 4.69) is 30.9 Å². The third-order valence-electron chi connectivity index (χ3n) is 3.13. The summed E-state index contributed by atoms with van der Waals surface area (Å²) in [6, 6.07) is 0.742. The molecule has 0 aliphatic heterocycles. The van der Waals surface area contributed by atoms with Gasteiger partial charge < -0.3 is 5.32 Å². The van der Waals surface area contributed by atoms with Crippen molar-refractivity contribution in [2.24, 2.45) is 5.92 Å². The van der Waals surface area contributed by atoms with Crippen LogP contribution in [-0.4, -0.2) is 24.1 Å². The average molecular weight is 215 g/mol. The molecule has 2 heteroatoms. The standard InChI is InChI=1S/C12H25NS/c1-3-12(13-4-2)10-14-9-11-7-5-6-8-11/h11-13H,3-10H2,1-2H3. The first-order valence-corrected chi connectivity index (χ1v) is 7.33. The molecule has 1 nitrogen and oxygen atoms in total. The molecular formula is C12H25NS. The fourth-order valence-electron chi connectivity index (χ4n) is 2.16. The highest BCUT2D eigenvalue weighted by atomic mass is 32.2. The fourth-order valence-corrected chi connectivity index (χ4v) is 3.60. The lowest BCUT2D eigenvalue weighted by Crippen LogP contribution is -2.30. The van der Waals surface area contributed by atoms with Crippen LogP contribution in [0.2, 0.25) is 0 Å². The molecule has 1 rings (SSSR count). The van der Waals surface area contributed by atoms with Crippen LogP contribution in [0.15, 0.2) is 0 Å². The van der Waals surface area contributed by atoms with Crippen molar-refractivity contribution in [1.82, 2.24) is 5.32 Å². The lowest BCUT2D eigenvalue weighted by Gasteiger charge is -2.16. The minimum Gasteiger partial charge on any atom is -0.313 e. The lowest BCUT2D eigenvalue weighted by atomic mass is 10.1. The van der Waals surface area contributed by atoms with Crippen molar-refractivity contribution in [2.45, 2.75) is 52.0 Å². The second-order valence-corrected chi connectivity index (χ2v) is 5.43. The van der Waals surface area contributed by atoms with Crippen LogP contribution in [0, 0.1) is 5.92 Å². The first-order chi connectivity index (χ1) is 6.86. The van der Waals surface area contributed by atoms with Gasteiger partial charge in [0.1, 0.15) is 0 Å². The Hall–Kier alpha value is 0.310. The van der Waals surface area contributed by atoms with Gasteiger partial charge >= 0.3 is 0 Å². The molecule has 1 atom stereocenters. The molecule has 0 bridgehead atoms. The first kappa shape index (κ1) is 12.4. The summed E-state index contributed by atoms with van der Waals surface area (Å²) in [5, 5.41) is 3.54. The van der Waals surface area contributed by atoms with Crippen LogP contribution in [0.4, 0.5) is 0 Å². The molecule has 84 valence electrons. The second-order valence-electron chi connectivity index (χ2n) is 4.35. The molecule has 14 heavy (non-hydrogen) atoms. The molecule has 1 N–H and O–H groups in total. The van der Waals surface area contributed by atoms with E-state index in [0.29, 0.717) is 0 Å². The van der Waals surface area contributed by atoms with Gasteiger partial charge in [-0.15, -0.1) is 0 Å². The number of hydrogen-bond donors (Lipinski definition) is 1. The van der Waals surface area contributed by atoms with Gasteiger partial charge in [0.2, 0.25) is 0 Å². The van der Waals surface area contributed by atoms with Crippen molar-refractivity contribution in [2.75, 3.05) is 18.1 Å². The SMILES string of the molecule is CCNC(CC)CSCC1CCCC1. The number of thioether (sulfide) groups is 1. The number of hydrogen-bond acceptors (Lipinski definition) is 2. The van der Waals surface area contributed by atoms with Crippen molar-refractivity contribution in [3.63, 3.8) is 0 Å². The van der Waals surface area contributed by atoms with Crippen molar-refractivity contribution in [3.05, 3.63) is 0 Å². The molecule has 0 aromatic rings. The zero-order chi connectivity index (χ0) is 10.2. The Balaban J connectivity index is 2.00. The monoisotopic (exact) mass is 215 g/mol. The predicted octanol–water partition coefficient (Wildman–Crippen LogP) is 3.30. The molecule has 0 amide bonds. The summed E-state index contributed by atoms with van der Waals surface area (Å²) in [5.41, 5.74) is 0. The Labute approximate surface area is 93.4 Å². The molecule has 0 spiro atoms. The van der Waals surface area contributed by atoms with E-state index >= 15 is 0 Å². The Morgan fingerprint density at radius 2 is 2.00 bits per heavy atom. The Kier molecular flexibility index (Phi) is 6.70. The van der Waals surface area contributed by atoms with E-state index in [4.69, 9.17) is 0 Å². The average Bonchev–Trinajstić information content (AvgIpc) is 2.69. The van der Waals surface area contributed by atoms with E-state index in [1.807, 2.05) is 0 Å². The van der Waals surface area contributed by atoms with Crippen LogP contribution < -0.4 is 5.32 Å². The van der Waals surface area contributed by atoms with Crippen molar-refractivity contribution in [3.8, 4) is 0 Å². The molecule has 0 radical (unpaired) electrons. The molecule has 0 aromatic carbocycles. The molecule has 1 aliphatic rings. The van der Waals surface area contributed by atoms with Gasteiger partial charge in [-0.25, -0.2) is 0 Å². The van der Waals surface area contributed by atoms with Crippen molar-refractivity contribution >= 4 is 11.8 Å². The van der Waals surface area contributed by atoms with Gasteiger partial charge in [-0.2, -0.15) is 11.8 Å². The summed E-state index contributed by atoms with van der Waals surface area (Å²) in [4.78, 5) is 0. The van der Waals surface area contributed by atoms with Crippen LogP contribution >= 0.6 is 11.8 Å². The first-order valence-electron chi connectivity index (χ1n) is 6.18. The van der Waals surface area contributed by atoms with Gasteiger partial charge in [-0.05, 0) is 37.5 Å². The van der Waals surface area contributed by atoms with Gasteiger partial charge in [-0.3, -0.25) is 0 Å². The maximum Gasteiger partial charge on any atom is 0.0155 e. The van der Waals surface area contributed by atoms with Gasteiger partial charge in [0, 0.05) is 11.8 Å². The van der Waals surface area contributed by atoms with E-state index in [1.165, 1.54) is 43.6 Å². The highest BCUT2D eigenvalue weighted by Gasteiger charge is 2.15. The van der Waals surface area contributed by atoms with Gasteiger partial charge in [-0.1, -0.05) is 26.7 Å². The van der Waals surface area contributed by atoms with Crippen LogP contribution in [0.25, 0.3) is 0 Å². The Morgan fingerprint density at radius 3 is 2.57 bits per heavy atom.